The fourth-order valence-corrected chi connectivity index (χ4v) is 4.34. The average Bonchev–Trinajstić information content (AvgIpc) is 3.20. The van der Waals surface area contributed by atoms with Crippen LogP contribution in [0.2, 0.25) is 0 Å². The number of rotatable bonds is 5. The maximum atomic E-state index is 12.8. The highest BCUT2D eigenvalue weighted by atomic mass is 32.2. The van der Waals surface area contributed by atoms with Gasteiger partial charge in [0, 0.05) is 35.8 Å². The summed E-state index contributed by atoms with van der Waals surface area (Å²) < 4.78 is 6.93. The Morgan fingerprint density at radius 3 is 2.60 bits per heavy atom. The second-order valence-electron chi connectivity index (χ2n) is 6.96. The molecule has 4 rings (SSSR count). The van der Waals surface area contributed by atoms with E-state index in [1.54, 1.807) is 21.7 Å². The van der Waals surface area contributed by atoms with E-state index in [0.717, 1.165) is 27.6 Å². The smallest absolute Gasteiger partial charge is 0.294 e. The number of aromatic nitrogens is 1. The van der Waals surface area contributed by atoms with Gasteiger partial charge < -0.3 is 19.9 Å². The van der Waals surface area contributed by atoms with E-state index < -0.39 is 17.1 Å². The largest absolute Gasteiger partial charge is 0.378 e. The lowest BCUT2D eigenvalue weighted by Crippen LogP contribution is -2.46. The summed E-state index contributed by atoms with van der Waals surface area (Å²) >= 11 is 0.799. The van der Waals surface area contributed by atoms with Crippen molar-refractivity contribution in [1.82, 2.24) is 14.4 Å². The normalized spacial score (nSPS) is 18.6. The van der Waals surface area contributed by atoms with E-state index in [1.807, 2.05) is 24.3 Å². The van der Waals surface area contributed by atoms with Gasteiger partial charge in [-0.2, -0.15) is 0 Å². The summed E-state index contributed by atoms with van der Waals surface area (Å²) in [5.74, 6) is -1.26. The number of imide groups is 1. The molecule has 4 amide bonds. The van der Waals surface area contributed by atoms with E-state index in [4.69, 9.17) is 10.5 Å². The molecule has 1 aromatic heterocycles. The van der Waals surface area contributed by atoms with E-state index in [-0.39, 0.29) is 23.9 Å². The first-order chi connectivity index (χ1) is 14.4. The monoisotopic (exact) mass is 428 g/mol. The number of carbonyl (C=O) groups excluding carboxylic acids is 4. The van der Waals surface area contributed by atoms with Crippen LogP contribution in [0.5, 0.6) is 0 Å². The van der Waals surface area contributed by atoms with Gasteiger partial charge in [0.25, 0.3) is 11.1 Å². The minimum Gasteiger partial charge on any atom is -0.378 e. The second kappa shape index (κ2) is 8.33. The number of nitrogens with zero attached hydrogens (tertiary/aromatic N) is 3. The molecule has 3 heterocycles. The van der Waals surface area contributed by atoms with Crippen LogP contribution in [0, 0.1) is 0 Å². The summed E-state index contributed by atoms with van der Waals surface area (Å²) in [7, 11) is 0. The molecule has 0 radical (unpaired) electrons. The van der Waals surface area contributed by atoms with Crippen molar-refractivity contribution in [1.29, 1.82) is 0 Å². The van der Waals surface area contributed by atoms with Crippen molar-refractivity contribution in [2.75, 3.05) is 32.8 Å². The summed E-state index contributed by atoms with van der Waals surface area (Å²) in [6, 6.07) is 7.41. The number of hydrogen-bond acceptors (Lipinski definition) is 6. The van der Waals surface area contributed by atoms with E-state index in [9.17, 15) is 19.2 Å². The Hall–Kier alpha value is -3.11. The lowest BCUT2D eigenvalue weighted by atomic mass is 10.1. The van der Waals surface area contributed by atoms with E-state index >= 15 is 0 Å². The Kier molecular flexibility index (Phi) is 5.60. The molecule has 9 nitrogen and oxygen atoms in total. The zero-order valence-electron chi connectivity index (χ0n) is 16.1. The SMILES string of the molecule is NC(=O)Cn1cc(/C=C2\SC(=O)N(CC(=O)N3CCOCC3)C2=O)c2ccccc21. The molecule has 2 N–H and O–H groups in total. The van der Waals surface area contributed by atoms with Gasteiger partial charge in [0.15, 0.2) is 0 Å². The predicted molar refractivity (Wildman–Crippen MR) is 111 cm³/mol. The standard InChI is InChI=1S/C20H20N4O5S/c21-17(25)11-23-10-13(14-3-1-2-4-15(14)23)9-16-19(27)24(20(28)30-16)12-18(26)22-5-7-29-8-6-22/h1-4,9-10H,5-8,11-12H2,(H2,21,25)/b16-9-. The van der Waals surface area contributed by atoms with Crippen LogP contribution in [-0.4, -0.2) is 70.2 Å². The van der Waals surface area contributed by atoms with Crippen molar-refractivity contribution in [2.24, 2.45) is 5.73 Å². The zero-order valence-corrected chi connectivity index (χ0v) is 16.9. The first-order valence-corrected chi connectivity index (χ1v) is 10.2. The number of carbonyl (C=O) groups is 4. The lowest BCUT2D eigenvalue weighted by Gasteiger charge is -2.28. The molecule has 0 spiro atoms. The molecule has 0 saturated carbocycles. The summed E-state index contributed by atoms with van der Waals surface area (Å²) in [4.78, 5) is 51.8. The van der Waals surface area contributed by atoms with Crippen LogP contribution in [0.3, 0.4) is 0 Å². The molecule has 0 atom stereocenters. The summed E-state index contributed by atoms with van der Waals surface area (Å²) in [5, 5.41) is 0.351. The van der Waals surface area contributed by atoms with E-state index in [0.29, 0.717) is 31.9 Å². The molecule has 30 heavy (non-hydrogen) atoms. The maximum absolute atomic E-state index is 12.8. The number of morpholine rings is 1. The number of amides is 4. The Bertz CT molecular complexity index is 1070. The molecule has 0 bridgehead atoms. The maximum Gasteiger partial charge on any atom is 0.294 e. The van der Waals surface area contributed by atoms with Gasteiger partial charge in [0.05, 0.1) is 18.1 Å². The Balaban J connectivity index is 1.58. The van der Waals surface area contributed by atoms with E-state index in [1.165, 1.54) is 0 Å². The highest BCUT2D eigenvalue weighted by Crippen LogP contribution is 2.34. The molecule has 2 aliphatic rings. The summed E-state index contributed by atoms with van der Waals surface area (Å²) in [6.45, 7) is 1.51. The number of hydrogen-bond donors (Lipinski definition) is 1. The Morgan fingerprint density at radius 1 is 1.13 bits per heavy atom. The second-order valence-corrected chi connectivity index (χ2v) is 7.95. The summed E-state index contributed by atoms with van der Waals surface area (Å²) in [5.41, 5.74) is 6.81. The van der Waals surface area contributed by atoms with Crippen LogP contribution < -0.4 is 5.73 Å². The third-order valence-electron chi connectivity index (χ3n) is 4.96. The van der Waals surface area contributed by atoms with Crippen molar-refractivity contribution in [3.63, 3.8) is 0 Å². The number of para-hydroxylation sites is 1. The molecular weight excluding hydrogens is 408 g/mol. The van der Waals surface area contributed by atoms with Crippen molar-refractivity contribution in [3.05, 3.63) is 40.9 Å². The molecule has 2 saturated heterocycles. The zero-order chi connectivity index (χ0) is 21.3. The number of primary amides is 1. The Morgan fingerprint density at radius 2 is 1.87 bits per heavy atom. The number of fused-ring (bicyclic) bond motifs is 1. The van der Waals surface area contributed by atoms with Gasteiger partial charge in [-0.15, -0.1) is 0 Å². The Labute approximate surface area is 176 Å². The highest BCUT2D eigenvalue weighted by Gasteiger charge is 2.37. The number of benzene rings is 1. The first-order valence-electron chi connectivity index (χ1n) is 9.41. The third-order valence-corrected chi connectivity index (χ3v) is 5.87. The third kappa shape index (κ3) is 3.96. The van der Waals surface area contributed by atoms with Gasteiger partial charge in [-0.3, -0.25) is 24.1 Å². The number of ether oxygens (including phenoxy) is 1. The molecular formula is C20H20N4O5S. The number of thioether (sulfide) groups is 1. The highest BCUT2D eigenvalue weighted by molar-refractivity contribution is 8.18. The van der Waals surface area contributed by atoms with Crippen LogP contribution in [0.25, 0.3) is 17.0 Å². The van der Waals surface area contributed by atoms with Crippen LogP contribution in [0.1, 0.15) is 5.56 Å². The topological polar surface area (TPSA) is 115 Å². The van der Waals surface area contributed by atoms with E-state index in [2.05, 4.69) is 0 Å². The van der Waals surface area contributed by atoms with Crippen LogP contribution in [-0.2, 0) is 25.7 Å². The van der Waals surface area contributed by atoms with Crippen molar-refractivity contribution < 1.29 is 23.9 Å². The van der Waals surface area contributed by atoms with Gasteiger partial charge in [0.2, 0.25) is 11.8 Å². The van der Waals surface area contributed by atoms with Crippen LogP contribution in [0.15, 0.2) is 35.4 Å². The molecule has 2 aliphatic heterocycles. The van der Waals surface area contributed by atoms with Crippen molar-refractivity contribution >= 4 is 51.7 Å². The number of nitrogens with two attached hydrogens (primary N) is 1. The van der Waals surface area contributed by atoms with Crippen LogP contribution in [0.4, 0.5) is 4.79 Å². The van der Waals surface area contributed by atoms with Crippen molar-refractivity contribution in [3.8, 4) is 0 Å². The predicted octanol–water partition coefficient (Wildman–Crippen LogP) is 1.02. The molecule has 0 aliphatic carbocycles. The van der Waals surface area contributed by atoms with Gasteiger partial charge in [-0.05, 0) is 23.9 Å². The molecule has 0 unspecified atom stereocenters. The fourth-order valence-electron chi connectivity index (χ4n) is 3.51. The van der Waals surface area contributed by atoms with Crippen molar-refractivity contribution in [2.45, 2.75) is 6.54 Å². The summed E-state index contributed by atoms with van der Waals surface area (Å²) in [6.07, 6.45) is 3.34. The first kappa shape index (κ1) is 20.2. The van der Waals surface area contributed by atoms with Gasteiger partial charge in [0.1, 0.15) is 13.1 Å². The lowest BCUT2D eigenvalue weighted by molar-refractivity contribution is -0.139. The molecule has 1 aromatic carbocycles. The van der Waals surface area contributed by atoms with Gasteiger partial charge >= 0.3 is 0 Å². The van der Waals surface area contributed by atoms with Gasteiger partial charge in [-0.25, -0.2) is 0 Å². The quantitative estimate of drug-likeness (QED) is 0.711. The molecule has 156 valence electrons. The average molecular weight is 428 g/mol. The minimum absolute atomic E-state index is 0.00385. The molecule has 10 heteroatoms. The van der Waals surface area contributed by atoms with Gasteiger partial charge in [-0.1, -0.05) is 18.2 Å². The van der Waals surface area contributed by atoms with Crippen LogP contribution >= 0.6 is 11.8 Å². The fraction of sp³-hybridized carbons (Fsp3) is 0.300. The molecule has 2 fully saturated rings. The minimum atomic E-state index is -0.502. The molecule has 2 aromatic rings.